The molecule has 0 aromatic heterocycles. The zero-order valence-corrected chi connectivity index (χ0v) is 7.29. The highest BCUT2D eigenvalue weighted by Gasteiger charge is 2.10. The van der Waals surface area contributed by atoms with Crippen molar-refractivity contribution in [1.29, 1.82) is 0 Å². The molecule has 1 N–H and O–H groups in total. The van der Waals surface area contributed by atoms with Crippen molar-refractivity contribution in [3.05, 3.63) is 0 Å². The molecule has 0 spiro atoms. The fourth-order valence-electron chi connectivity index (χ4n) is 1.02. The topological polar surface area (TPSA) is 20.2 Å². The Morgan fingerprint density at radius 1 is 1.36 bits per heavy atom. The maximum absolute atomic E-state index is 9.34. The van der Waals surface area contributed by atoms with Crippen LogP contribution in [0, 0.1) is 0 Å². The molecular formula is C8H16B2O. The molecule has 2 atom stereocenters. The quantitative estimate of drug-likeness (QED) is 0.568. The minimum Gasteiger partial charge on any atom is -0.394 e. The smallest absolute Gasteiger partial charge is 0.0734 e. The minimum atomic E-state index is -0.411. The summed E-state index contributed by atoms with van der Waals surface area (Å²) in [5, 5.41) is 9.34. The molecule has 0 bridgehead atoms. The van der Waals surface area contributed by atoms with Crippen LogP contribution in [0.1, 0.15) is 32.6 Å². The largest absolute Gasteiger partial charge is 0.394 e. The summed E-state index contributed by atoms with van der Waals surface area (Å²) < 4.78 is 0. The van der Waals surface area contributed by atoms with Crippen molar-refractivity contribution in [2.45, 2.75) is 50.8 Å². The van der Waals surface area contributed by atoms with Gasteiger partial charge in [0.2, 0.25) is 0 Å². The molecule has 0 amide bonds. The Balaban J connectivity index is 3.38. The molecule has 0 aromatic rings. The Bertz CT molecular complexity index is 88.2. The highest BCUT2D eigenvalue weighted by atomic mass is 16.3. The lowest BCUT2D eigenvalue weighted by Gasteiger charge is -2.17. The van der Waals surface area contributed by atoms with E-state index in [1.807, 2.05) is 0 Å². The van der Waals surface area contributed by atoms with Crippen LogP contribution in [0.25, 0.3) is 0 Å². The van der Waals surface area contributed by atoms with E-state index < -0.39 is 6.10 Å². The van der Waals surface area contributed by atoms with Crippen molar-refractivity contribution < 1.29 is 5.11 Å². The number of hydrogen-bond donors (Lipinski definition) is 1. The van der Waals surface area contributed by atoms with Crippen LogP contribution in [0.15, 0.2) is 0 Å². The molecule has 11 heavy (non-hydrogen) atoms. The van der Waals surface area contributed by atoms with Gasteiger partial charge in [0.25, 0.3) is 0 Å². The molecule has 0 heterocycles. The van der Waals surface area contributed by atoms with Gasteiger partial charge in [-0.15, -0.1) is 0 Å². The normalized spacial score (nSPS) is 16.2. The molecule has 2 unspecified atom stereocenters. The van der Waals surface area contributed by atoms with E-state index in [-0.39, 0.29) is 5.82 Å². The first kappa shape index (κ1) is 11.1. The lowest BCUT2D eigenvalue weighted by atomic mass is 9.76. The Hall–Kier alpha value is 0.0899. The molecule has 0 aliphatic rings. The van der Waals surface area contributed by atoms with Crippen LogP contribution in [-0.2, 0) is 0 Å². The predicted octanol–water partition coefficient (Wildman–Crippen LogP) is 1.47. The highest BCUT2D eigenvalue weighted by molar-refractivity contribution is 6.12. The first-order valence-electron chi connectivity index (χ1n) is 4.36. The molecule has 60 valence electrons. The molecule has 0 rings (SSSR count). The van der Waals surface area contributed by atoms with Crippen LogP contribution in [0.5, 0.6) is 0 Å². The van der Waals surface area contributed by atoms with E-state index >= 15 is 0 Å². The van der Waals surface area contributed by atoms with Gasteiger partial charge in [-0.25, -0.2) is 0 Å². The van der Waals surface area contributed by atoms with Gasteiger partial charge in [-0.2, -0.15) is 0 Å². The first-order valence-corrected chi connectivity index (χ1v) is 4.36. The van der Waals surface area contributed by atoms with Gasteiger partial charge in [0.05, 0.1) is 15.7 Å². The van der Waals surface area contributed by atoms with Crippen molar-refractivity contribution in [3.63, 3.8) is 0 Å². The number of unbranched alkanes of at least 4 members (excludes halogenated alkanes) is 1. The van der Waals surface area contributed by atoms with E-state index in [0.717, 1.165) is 19.3 Å². The fourth-order valence-corrected chi connectivity index (χ4v) is 1.02. The fraction of sp³-hybridized carbons (Fsp3) is 1.00. The summed E-state index contributed by atoms with van der Waals surface area (Å²) in [6.45, 7) is 2.11. The second-order valence-corrected chi connectivity index (χ2v) is 2.95. The van der Waals surface area contributed by atoms with Gasteiger partial charge in [-0.1, -0.05) is 38.3 Å². The van der Waals surface area contributed by atoms with Crippen LogP contribution in [0.3, 0.4) is 0 Å². The van der Waals surface area contributed by atoms with Crippen LogP contribution >= 0.6 is 0 Å². The number of hydrogen-bond acceptors (Lipinski definition) is 1. The standard InChI is InChI=1S/C8H16B2O/c1-2-3-4-7(10)8(11)5-6-9/h7-8,11H,2-6H2,1H3. The Morgan fingerprint density at radius 3 is 2.45 bits per heavy atom. The van der Waals surface area contributed by atoms with E-state index in [0.29, 0.717) is 12.7 Å². The van der Waals surface area contributed by atoms with Crippen LogP contribution in [-0.4, -0.2) is 26.9 Å². The number of aliphatic hydroxyl groups excluding tert-OH is 1. The molecule has 4 radical (unpaired) electrons. The van der Waals surface area contributed by atoms with Crippen LogP contribution in [0.4, 0.5) is 0 Å². The third-order valence-corrected chi connectivity index (χ3v) is 1.85. The molecule has 1 nitrogen and oxygen atoms in total. The molecule has 0 aromatic carbocycles. The summed E-state index contributed by atoms with van der Waals surface area (Å²) >= 11 is 0. The van der Waals surface area contributed by atoms with Crippen molar-refractivity contribution in [3.8, 4) is 0 Å². The average Bonchev–Trinajstić information content (AvgIpc) is 2.00. The molecule has 0 fully saturated rings. The van der Waals surface area contributed by atoms with E-state index in [2.05, 4.69) is 6.92 Å². The molecule has 0 saturated heterocycles. The molecule has 0 saturated carbocycles. The lowest BCUT2D eigenvalue weighted by molar-refractivity contribution is 0.157. The van der Waals surface area contributed by atoms with Crippen LogP contribution in [0.2, 0.25) is 12.1 Å². The summed E-state index contributed by atoms with van der Waals surface area (Å²) in [6, 6.07) is 0. The molecule has 0 aliphatic heterocycles. The van der Waals surface area contributed by atoms with Gasteiger partial charge < -0.3 is 5.11 Å². The maximum Gasteiger partial charge on any atom is 0.0734 e. The summed E-state index contributed by atoms with van der Waals surface area (Å²) in [6.07, 6.45) is 3.83. The highest BCUT2D eigenvalue weighted by Crippen LogP contribution is 2.18. The zero-order valence-electron chi connectivity index (χ0n) is 7.29. The summed E-state index contributed by atoms with van der Waals surface area (Å²) in [5.41, 5.74) is 0. The molecule has 3 heteroatoms. The zero-order chi connectivity index (χ0) is 8.69. The number of rotatable bonds is 6. The Morgan fingerprint density at radius 2 is 2.00 bits per heavy atom. The van der Waals surface area contributed by atoms with Crippen molar-refractivity contribution in [1.82, 2.24) is 0 Å². The van der Waals surface area contributed by atoms with Crippen molar-refractivity contribution >= 4 is 15.7 Å². The first-order chi connectivity index (χ1) is 5.22. The lowest BCUT2D eigenvalue weighted by Crippen LogP contribution is -2.14. The van der Waals surface area contributed by atoms with E-state index in [4.69, 9.17) is 15.7 Å². The monoisotopic (exact) mass is 150 g/mol. The maximum atomic E-state index is 9.34. The SMILES string of the molecule is [B]CCC(O)C([B])CCCC. The van der Waals surface area contributed by atoms with E-state index in [1.165, 1.54) is 0 Å². The van der Waals surface area contributed by atoms with Gasteiger partial charge in [0, 0.05) is 6.10 Å². The third-order valence-electron chi connectivity index (χ3n) is 1.85. The number of aliphatic hydroxyl groups is 1. The van der Waals surface area contributed by atoms with Gasteiger partial charge >= 0.3 is 0 Å². The molecule has 0 aliphatic carbocycles. The third kappa shape index (κ3) is 5.37. The second kappa shape index (κ2) is 6.78. The Kier molecular flexibility index (Phi) is 6.83. The minimum absolute atomic E-state index is 0.0847. The van der Waals surface area contributed by atoms with Crippen molar-refractivity contribution in [2.75, 3.05) is 0 Å². The summed E-state index contributed by atoms with van der Waals surface area (Å²) in [4.78, 5) is 0. The molecular weight excluding hydrogens is 134 g/mol. The van der Waals surface area contributed by atoms with Gasteiger partial charge in [0.15, 0.2) is 0 Å². The van der Waals surface area contributed by atoms with E-state index in [1.54, 1.807) is 0 Å². The van der Waals surface area contributed by atoms with Gasteiger partial charge in [0.1, 0.15) is 0 Å². The Labute approximate surface area is 72.4 Å². The van der Waals surface area contributed by atoms with E-state index in [9.17, 15) is 5.11 Å². The summed E-state index contributed by atoms with van der Waals surface area (Å²) in [7, 11) is 11.0. The van der Waals surface area contributed by atoms with Crippen LogP contribution < -0.4 is 0 Å². The van der Waals surface area contributed by atoms with Gasteiger partial charge in [-0.05, 0) is 6.42 Å². The summed E-state index contributed by atoms with van der Waals surface area (Å²) in [5.74, 6) is -0.0847. The second-order valence-electron chi connectivity index (χ2n) is 2.95. The van der Waals surface area contributed by atoms with Crippen molar-refractivity contribution in [2.24, 2.45) is 0 Å². The van der Waals surface area contributed by atoms with Gasteiger partial charge in [-0.3, -0.25) is 0 Å². The predicted molar refractivity (Wildman–Crippen MR) is 50.2 cm³/mol. The average molecular weight is 150 g/mol.